The van der Waals surface area contributed by atoms with Crippen molar-refractivity contribution in [3.05, 3.63) is 197 Å². The molecule has 0 N–H and O–H groups in total. The fraction of sp³-hybridized carbons (Fsp3) is 0.0217. The molecule has 1 aliphatic rings. The van der Waals surface area contributed by atoms with Gasteiger partial charge in [0.15, 0.2) is 11.6 Å². The molecule has 0 spiro atoms. The zero-order chi connectivity index (χ0) is 33.9. The van der Waals surface area contributed by atoms with Crippen LogP contribution >= 0.6 is 22.9 Å². The van der Waals surface area contributed by atoms with Gasteiger partial charge in [0.05, 0.1) is 5.41 Å². The summed E-state index contributed by atoms with van der Waals surface area (Å²) in [5, 5.41) is 2.46. The van der Waals surface area contributed by atoms with E-state index in [-0.39, 0.29) is 5.28 Å². The Balaban J connectivity index is 1.20. The Morgan fingerprint density at radius 2 is 1.04 bits per heavy atom. The summed E-state index contributed by atoms with van der Waals surface area (Å²) in [5.41, 5.74) is 10.9. The molecule has 51 heavy (non-hydrogen) atoms. The Kier molecular flexibility index (Phi) is 6.95. The topological polar surface area (TPSA) is 38.7 Å². The first-order valence-corrected chi connectivity index (χ1v) is 18.2. The average molecular weight is 690 g/mol. The zero-order valence-electron chi connectivity index (χ0n) is 27.3. The van der Waals surface area contributed by atoms with Gasteiger partial charge in [-0.3, -0.25) is 0 Å². The van der Waals surface area contributed by atoms with Crippen LogP contribution in [0, 0.1) is 0 Å². The smallest absolute Gasteiger partial charge is 0.208 e. The Labute approximate surface area is 304 Å². The molecule has 0 fully saturated rings. The van der Waals surface area contributed by atoms with Gasteiger partial charge in [-0.05, 0) is 80.4 Å². The third-order valence-corrected chi connectivity index (χ3v) is 11.4. The predicted molar refractivity (Wildman–Crippen MR) is 211 cm³/mol. The van der Waals surface area contributed by atoms with Gasteiger partial charge < -0.3 is 0 Å². The highest BCUT2D eigenvalue weighted by molar-refractivity contribution is 7.26. The quantitative estimate of drug-likeness (QED) is 0.180. The summed E-state index contributed by atoms with van der Waals surface area (Å²) in [5.74, 6) is 1.09. The van der Waals surface area contributed by atoms with Crippen molar-refractivity contribution in [2.45, 2.75) is 5.41 Å². The monoisotopic (exact) mass is 689 g/mol. The van der Waals surface area contributed by atoms with E-state index < -0.39 is 5.41 Å². The second-order valence-corrected chi connectivity index (χ2v) is 14.3. The number of rotatable bonds is 5. The molecular weight excluding hydrogens is 662 g/mol. The van der Waals surface area contributed by atoms with E-state index in [1.165, 1.54) is 42.6 Å². The summed E-state index contributed by atoms with van der Waals surface area (Å²) in [6.07, 6.45) is 0. The van der Waals surface area contributed by atoms with Crippen LogP contribution < -0.4 is 0 Å². The number of fused-ring (bicyclic) bond motifs is 6. The molecule has 0 saturated carbocycles. The van der Waals surface area contributed by atoms with Crippen molar-refractivity contribution in [3.8, 4) is 45.0 Å². The highest BCUT2D eigenvalue weighted by Crippen LogP contribution is 2.56. The maximum Gasteiger partial charge on any atom is 0.226 e. The van der Waals surface area contributed by atoms with Crippen LogP contribution in [0.5, 0.6) is 0 Å². The maximum absolute atomic E-state index is 6.81. The summed E-state index contributed by atoms with van der Waals surface area (Å²) in [4.78, 5) is 14.7. The first kappa shape index (κ1) is 29.9. The van der Waals surface area contributed by atoms with Crippen molar-refractivity contribution in [1.29, 1.82) is 0 Å². The van der Waals surface area contributed by atoms with E-state index >= 15 is 0 Å². The first-order valence-electron chi connectivity index (χ1n) is 17.0. The molecule has 3 nitrogen and oxygen atoms in total. The number of aromatic nitrogens is 3. The van der Waals surface area contributed by atoms with E-state index in [0.29, 0.717) is 11.6 Å². The molecule has 0 bridgehead atoms. The van der Waals surface area contributed by atoms with Gasteiger partial charge >= 0.3 is 0 Å². The number of hydrogen-bond acceptors (Lipinski definition) is 4. The third-order valence-electron chi connectivity index (χ3n) is 10.1. The van der Waals surface area contributed by atoms with Gasteiger partial charge in [-0.1, -0.05) is 146 Å². The lowest BCUT2D eigenvalue weighted by atomic mass is 9.67. The molecule has 0 radical (unpaired) electrons. The Hall–Kier alpha value is -5.94. The highest BCUT2D eigenvalue weighted by Gasteiger charge is 2.45. The molecule has 0 saturated heterocycles. The second-order valence-electron chi connectivity index (χ2n) is 12.9. The average Bonchev–Trinajstić information content (AvgIpc) is 3.72. The molecule has 9 aromatic rings. The molecule has 2 aromatic heterocycles. The van der Waals surface area contributed by atoms with Gasteiger partial charge in [-0.2, -0.15) is 9.97 Å². The van der Waals surface area contributed by atoms with Gasteiger partial charge in [0, 0.05) is 31.3 Å². The van der Waals surface area contributed by atoms with Gasteiger partial charge in [0.25, 0.3) is 0 Å². The van der Waals surface area contributed by atoms with E-state index in [4.69, 9.17) is 26.6 Å². The minimum absolute atomic E-state index is 0.160. The van der Waals surface area contributed by atoms with Crippen molar-refractivity contribution >= 4 is 43.1 Å². The van der Waals surface area contributed by atoms with Crippen LogP contribution in [0.3, 0.4) is 0 Å². The lowest BCUT2D eigenvalue weighted by molar-refractivity contribution is 0.768. The van der Waals surface area contributed by atoms with Crippen molar-refractivity contribution in [3.63, 3.8) is 0 Å². The molecule has 1 aliphatic carbocycles. The van der Waals surface area contributed by atoms with Crippen LogP contribution in [0.2, 0.25) is 5.28 Å². The fourth-order valence-corrected chi connectivity index (χ4v) is 9.36. The fourth-order valence-electron chi connectivity index (χ4n) is 8.03. The minimum atomic E-state index is -0.532. The van der Waals surface area contributed by atoms with E-state index in [1.807, 2.05) is 6.07 Å². The van der Waals surface area contributed by atoms with Gasteiger partial charge in [-0.15, -0.1) is 11.3 Å². The summed E-state index contributed by atoms with van der Waals surface area (Å²) < 4.78 is 2.39. The van der Waals surface area contributed by atoms with Crippen molar-refractivity contribution in [1.82, 2.24) is 15.0 Å². The second kappa shape index (κ2) is 11.8. The van der Waals surface area contributed by atoms with E-state index in [0.717, 1.165) is 33.2 Å². The Morgan fingerprint density at radius 3 is 1.80 bits per heavy atom. The van der Waals surface area contributed by atoms with Crippen molar-refractivity contribution < 1.29 is 0 Å². The number of hydrogen-bond donors (Lipinski definition) is 0. The zero-order valence-corrected chi connectivity index (χ0v) is 28.9. The van der Waals surface area contributed by atoms with Crippen LogP contribution in [-0.4, -0.2) is 15.0 Å². The molecule has 240 valence electrons. The molecular formula is C46H28ClN3S. The summed E-state index contributed by atoms with van der Waals surface area (Å²) in [6, 6.07) is 60.4. The maximum atomic E-state index is 6.81. The first-order chi connectivity index (χ1) is 25.2. The SMILES string of the molecule is Clc1nc(-c2cccc(C3(c4ccccc4)c4ccccc4-c4ccccc43)c2)nc(-c2cc(-c3ccccc3)cc3sc4ccccc4c23)n1. The van der Waals surface area contributed by atoms with E-state index in [1.54, 1.807) is 11.3 Å². The molecule has 0 aliphatic heterocycles. The van der Waals surface area contributed by atoms with Crippen LogP contribution in [0.25, 0.3) is 65.2 Å². The molecule has 0 unspecified atom stereocenters. The van der Waals surface area contributed by atoms with Gasteiger partial charge in [0.1, 0.15) is 0 Å². The van der Waals surface area contributed by atoms with E-state index in [2.05, 4.69) is 164 Å². The summed E-state index contributed by atoms with van der Waals surface area (Å²) >= 11 is 8.60. The molecule has 0 atom stereocenters. The molecule has 10 rings (SSSR count). The van der Waals surface area contributed by atoms with Crippen LogP contribution in [-0.2, 0) is 5.41 Å². The van der Waals surface area contributed by atoms with Gasteiger partial charge in [0.2, 0.25) is 5.28 Å². The number of benzene rings is 7. The van der Waals surface area contributed by atoms with Crippen LogP contribution in [0.4, 0.5) is 0 Å². The molecule has 2 heterocycles. The number of halogens is 1. The van der Waals surface area contributed by atoms with Crippen LogP contribution in [0.1, 0.15) is 22.3 Å². The van der Waals surface area contributed by atoms with E-state index in [9.17, 15) is 0 Å². The minimum Gasteiger partial charge on any atom is -0.208 e. The molecule has 0 amide bonds. The largest absolute Gasteiger partial charge is 0.226 e. The normalized spacial score (nSPS) is 13.0. The lowest BCUT2D eigenvalue weighted by Crippen LogP contribution is -2.28. The number of nitrogens with zero attached hydrogens (tertiary/aromatic N) is 3. The summed E-state index contributed by atoms with van der Waals surface area (Å²) in [7, 11) is 0. The highest BCUT2D eigenvalue weighted by atomic mass is 35.5. The Morgan fingerprint density at radius 1 is 0.431 bits per heavy atom. The van der Waals surface area contributed by atoms with Crippen molar-refractivity contribution in [2.24, 2.45) is 0 Å². The van der Waals surface area contributed by atoms with Crippen LogP contribution in [0.15, 0.2) is 170 Å². The number of thiophene rings is 1. The van der Waals surface area contributed by atoms with Gasteiger partial charge in [-0.25, -0.2) is 4.98 Å². The Bertz CT molecular complexity index is 2730. The molecule has 7 aromatic carbocycles. The third kappa shape index (κ3) is 4.68. The van der Waals surface area contributed by atoms with Crippen molar-refractivity contribution in [2.75, 3.05) is 0 Å². The summed E-state index contributed by atoms with van der Waals surface area (Å²) in [6.45, 7) is 0. The lowest BCUT2D eigenvalue weighted by Gasteiger charge is -2.34. The molecule has 5 heteroatoms. The standard InChI is InChI=1S/C46H28ClN3S/c47-45-49-43(48-44(50-45)37-27-31(29-14-3-1-4-15-29)28-41-42(37)36-22-9-12-25-40(36)51-41)30-16-13-19-33(26-30)46(32-17-5-2-6-18-32)38-23-10-7-20-34(38)35-21-8-11-24-39(35)46/h1-28H. The predicted octanol–water partition coefficient (Wildman–Crippen LogP) is 12.3.